The number of piperidine rings is 1. The molecule has 164 valence electrons. The molecule has 0 bridgehead atoms. The molecule has 2 saturated carbocycles. The largest absolute Gasteiger partial charge is 0.383 e. The molecule has 1 aromatic heterocycles. The van der Waals surface area contributed by atoms with Crippen molar-refractivity contribution >= 4 is 23.4 Å². The van der Waals surface area contributed by atoms with Crippen molar-refractivity contribution in [3.05, 3.63) is 35.1 Å². The van der Waals surface area contributed by atoms with E-state index in [1.165, 1.54) is 11.0 Å². The number of nitrogens with zero attached hydrogens (tertiary/aromatic N) is 5. The van der Waals surface area contributed by atoms with Crippen LogP contribution in [0.25, 0.3) is 5.69 Å². The first-order valence-electron chi connectivity index (χ1n) is 10.6. The fourth-order valence-corrected chi connectivity index (χ4v) is 4.84. The van der Waals surface area contributed by atoms with Crippen molar-refractivity contribution in [2.24, 2.45) is 11.3 Å². The van der Waals surface area contributed by atoms with E-state index in [1.807, 2.05) is 0 Å². The second-order valence-electron chi connectivity index (χ2n) is 9.34. The summed E-state index contributed by atoms with van der Waals surface area (Å²) in [5.74, 6) is -0.171. The lowest BCUT2D eigenvalue weighted by atomic mass is 9.99. The Hall–Kier alpha value is -2.52. The van der Waals surface area contributed by atoms with Gasteiger partial charge in [0.05, 0.1) is 5.69 Å². The van der Waals surface area contributed by atoms with Crippen LogP contribution in [-0.2, 0) is 16.1 Å². The molecule has 0 unspecified atom stereocenters. The molecule has 2 N–H and O–H groups in total. The zero-order valence-corrected chi connectivity index (χ0v) is 18.0. The minimum Gasteiger partial charge on any atom is -0.383 e. The summed E-state index contributed by atoms with van der Waals surface area (Å²) in [6.45, 7) is 2.31. The number of fused-ring (bicyclic) bond motifs is 1. The topological polar surface area (TPSA) is 113 Å². The van der Waals surface area contributed by atoms with Crippen molar-refractivity contribution in [3.8, 4) is 5.69 Å². The second-order valence-corrected chi connectivity index (χ2v) is 9.77. The van der Waals surface area contributed by atoms with Crippen LogP contribution in [0.1, 0.15) is 44.6 Å². The number of aliphatic hydroxyl groups is 1. The Kier molecular flexibility index (Phi) is 4.97. The molecule has 2 heterocycles. The van der Waals surface area contributed by atoms with Gasteiger partial charge in [-0.15, -0.1) is 5.10 Å². The molecule has 9 nitrogen and oxygen atoms in total. The Morgan fingerprint density at radius 1 is 1.35 bits per heavy atom. The number of carbonyl (C=O) groups excluding carboxylic acids is 2. The van der Waals surface area contributed by atoms with Gasteiger partial charge >= 0.3 is 0 Å². The van der Waals surface area contributed by atoms with Gasteiger partial charge in [-0.1, -0.05) is 18.5 Å². The van der Waals surface area contributed by atoms with Gasteiger partial charge in [0.1, 0.15) is 18.5 Å². The van der Waals surface area contributed by atoms with Gasteiger partial charge in [0.25, 0.3) is 5.91 Å². The minimum atomic E-state index is -1.04. The van der Waals surface area contributed by atoms with Crippen molar-refractivity contribution in [2.75, 3.05) is 0 Å². The van der Waals surface area contributed by atoms with E-state index in [9.17, 15) is 14.7 Å². The van der Waals surface area contributed by atoms with Crippen molar-refractivity contribution in [2.45, 2.75) is 63.8 Å². The Morgan fingerprint density at radius 2 is 2.16 bits per heavy atom. The first kappa shape index (κ1) is 20.4. The Labute approximate surface area is 184 Å². The fourth-order valence-electron chi connectivity index (χ4n) is 4.64. The third-order valence-electron chi connectivity index (χ3n) is 6.83. The Morgan fingerprint density at radius 3 is 2.87 bits per heavy atom. The molecule has 2 aliphatic carbocycles. The summed E-state index contributed by atoms with van der Waals surface area (Å²) >= 11 is 6.15. The second kappa shape index (κ2) is 7.56. The van der Waals surface area contributed by atoms with Crippen LogP contribution in [0, 0.1) is 11.3 Å². The number of aromatic nitrogens is 4. The highest BCUT2D eigenvalue weighted by Crippen LogP contribution is 2.51. The van der Waals surface area contributed by atoms with E-state index in [0.29, 0.717) is 29.5 Å². The van der Waals surface area contributed by atoms with Crippen LogP contribution in [0.4, 0.5) is 0 Å². The molecule has 3 aliphatic rings. The van der Waals surface area contributed by atoms with Gasteiger partial charge in [-0.05, 0) is 77.6 Å². The van der Waals surface area contributed by atoms with E-state index in [-0.39, 0.29) is 29.8 Å². The van der Waals surface area contributed by atoms with Crippen LogP contribution in [-0.4, -0.2) is 60.2 Å². The van der Waals surface area contributed by atoms with Crippen LogP contribution in [0.15, 0.2) is 24.5 Å². The van der Waals surface area contributed by atoms with E-state index in [2.05, 4.69) is 27.8 Å². The normalized spacial score (nSPS) is 26.3. The molecule has 5 rings (SSSR count). The summed E-state index contributed by atoms with van der Waals surface area (Å²) in [7, 11) is 0. The zero-order valence-electron chi connectivity index (χ0n) is 17.2. The average Bonchev–Trinajstić information content (AvgIpc) is 3.54. The molecule has 0 spiro atoms. The molecule has 10 heteroatoms. The van der Waals surface area contributed by atoms with E-state index in [1.54, 1.807) is 23.1 Å². The van der Waals surface area contributed by atoms with Gasteiger partial charge in [0.15, 0.2) is 0 Å². The molecule has 0 radical (unpaired) electrons. The number of aliphatic hydroxyl groups excluding tert-OH is 1. The van der Waals surface area contributed by atoms with E-state index < -0.39 is 12.1 Å². The lowest BCUT2D eigenvalue weighted by Gasteiger charge is -2.29. The summed E-state index contributed by atoms with van der Waals surface area (Å²) in [6.07, 6.45) is 4.53. The highest BCUT2D eigenvalue weighted by molar-refractivity contribution is 6.30. The maximum absolute atomic E-state index is 13.0. The lowest BCUT2D eigenvalue weighted by Crippen LogP contribution is -2.51. The minimum absolute atomic E-state index is 0.0642. The first-order chi connectivity index (χ1) is 14.8. The van der Waals surface area contributed by atoms with Crippen LogP contribution in [0.2, 0.25) is 5.02 Å². The zero-order chi connectivity index (χ0) is 21.8. The highest BCUT2D eigenvalue weighted by atomic mass is 35.5. The number of tetrazole rings is 1. The summed E-state index contributed by atoms with van der Waals surface area (Å²) in [5, 5.41) is 25.2. The average molecular weight is 445 g/mol. The van der Waals surface area contributed by atoms with E-state index >= 15 is 0 Å². The molecular formula is C21H25ClN6O3. The fraction of sp³-hybridized carbons (Fsp3) is 0.571. The number of amides is 2. The summed E-state index contributed by atoms with van der Waals surface area (Å²) in [6, 6.07) is 4.81. The third kappa shape index (κ3) is 4.04. The summed E-state index contributed by atoms with van der Waals surface area (Å²) < 4.78 is 1.51. The number of halogens is 1. The molecule has 3 fully saturated rings. The number of nitrogens with one attached hydrogen (secondary N) is 1. The Balaban J connectivity index is 1.27. The van der Waals surface area contributed by atoms with Gasteiger partial charge in [-0.2, -0.15) is 0 Å². The molecule has 1 aliphatic heterocycles. The van der Waals surface area contributed by atoms with Crippen LogP contribution >= 0.6 is 11.6 Å². The van der Waals surface area contributed by atoms with Crippen molar-refractivity contribution in [3.63, 3.8) is 0 Å². The molecule has 4 atom stereocenters. The molecular weight excluding hydrogens is 420 g/mol. The summed E-state index contributed by atoms with van der Waals surface area (Å²) in [4.78, 5) is 27.7. The van der Waals surface area contributed by atoms with Crippen LogP contribution in [0.5, 0.6) is 0 Å². The first-order valence-corrected chi connectivity index (χ1v) is 11.0. The SMILES string of the molecule is CC1(C[C@@H](O)C(=O)N2[C@H](C(=O)NCc3cc(Cl)ccc3-n3cnnn3)C[C@@H]3C[C@@H]32)CC1. The maximum Gasteiger partial charge on any atom is 0.252 e. The quantitative estimate of drug-likeness (QED) is 0.668. The number of rotatable bonds is 7. The van der Waals surface area contributed by atoms with Gasteiger partial charge in [0, 0.05) is 17.6 Å². The number of benzene rings is 1. The standard InChI is InChI=1S/C21H25ClN6O3/c1-21(4-5-21)9-18(29)20(31)28-16-7-12(16)8-17(28)19(30)23-10-13-6-14(22)2-3-15(13)27-11-24-25-26-27/h2-3,6,11-12,16-18,29H,4-5,7-10H2,1H3,(H,23,30)/t12-,16-,17-,18+/m0/s1. The lowest BCUT2D eigenvalue weighted by molar-refractivity contribution is -0.147. The maximum atomic E-state index is 13.0. The molecule has 31 heavy (non-hydrogen) atoms. The number of carbonyl (C=O) groups is 2. The molecule has 1 saturated heterocycles. The number of likely N-dealkylation sites (tertiary alicyclic amines) is 1. The predicted molar refractivity (Wildman–Crippen MR) is 111 cm³/mol. The monoisotopic (exact) mass is 444 g/mol. The van der Waals surface area contributed by atoms with Crippen LogP contribution < -0.4 is 5.32 Å². The molecule has 2 aromatic rings. The van der Waals surface area contributed by atoms with E-state index in [4.69, 9.17) is 11.6 Å². The van der Waals surface area contributed by atoms with Gasteiger partial charge in [0.2, 0.25) is 5.91 Å². The molecule has 2 amide bonds. The highest BCUT2D eigenvalue weighted by Gasteiger charge is 2.57. The number of hydrogen-bond acceptors (Lipinski definition) is 6. The Bertz CT molecular complexity index is 1010. The molecule has 1 aromatic carbocycles. The third-order valence-corrected chi connectivity index (χ3v) is 7.06. The predicted octanol–water partition coefficient (Wildman–Crippen LogP) is 1.47. The van der Waals surface area contributed by atoms with Gasteiger partial charge in [-0.3, -0.25) is 9.59 Å². The number of hydrogen-bond donors (Lipinski definition) is 2. The van der Waals surface area contributed by atoms with Crippen molar-refractivity contribution < 1.29 is 14.7 Å². The van der Waals surface area contributed by atoms with Crippen molar-refractivity contribution in [1.29, 1.82) is 0 Å². The van der Waals surface area contributed by atoms with Gasteiger partial charge < -0.3 is 15.3 Å². The summed E-state index contributed by atoms with van der Waals surface area (Å²) in [5.41, 5.74) is 1.54. The smallest absolute Gasteiger partial charge is 0.252 e. The van der Waals surface area contributed by atoms with Crippen molar-refractivity contribution in [1.82, 2.24) is 30.4 Å². The van der Waals surface area contributed by atoms with Gasteiger partial charge in [-0.25, -0.2) is 4.68 Å². The van der Waals surface area contributed by atoms with Crippen LogP contribution in [0.3, 0.4) is 0 Å². The van der Waals surface area contributed by atoms with E-state index in [0.717, 1.165) is 24.8 Å².